The van der Waals surface area contributed by atoms with Gasteiger partial charge in [0.1, 0.15) is 29.6 Å². The highest BCUT2D eigenvalue weighted by molar-refractivity contribution is 14.1. The number of hydrogen-bond donors (Lipinski definition) is 2. The fourth-order valence-corrected chi connectivity index (χ4v) is 14.2. The molecule has 1 heterocycles. The summed E-state index contributed by atoms with van der Waals surface area (Å²) in [5.41, 5.74) is 9.16. The van der Waals surface area contributed by atoms with Gasteiger partial charge in [0.2, 0.25) is 0 Å². The second-order valence-electron chi connectivity index (χ2n) is 21.2. The van der Waals surface area contributed by atoms with Crippen LogP contribution in [0.1, 0.15) is 157 Å². The standard InChI is InChI=1S/C32H47F5O3S.C28H30INO/c1-30-17-15-26-25-12-11-24(38)21-23(25)20-22(29(26)27(30)13-14-28(30)39)10-7-5-3-2-4-6-8-18-41(40)19-9-16-31(33,34)32(35,36)37;1-2-27(22-8-4-3-5-9-22)28(23-10-14-25(29)15-11-23)24-12-16-26(17-13-24)31-21-20-30-18-6-7-19-30/h11-12,21-22,26-29,38-39H,2-10,13-20H2,1H3;3-5,8-17H,2,6-7,18-21H2,1H3/b;28-27-/t22-,26-,27+,28+,29-,30+,41?;/m1./s1. The van der Waals surface area contributed by atoms with Crippen LogP contribution in [-0.2, 0) is 17.6 Å². The zero-order valence-corrected chi connectivity index (χ0v) is 45.4. The van der Waals surface area contributed by atoms with E-state index >= 15 is 0 Å². The minimum atomic E-state index is -5.54. The van der Waals surface area contributed by atoms with Gasteiger partial charge in [0.25, 0.3) is 0 Å². The number of rotatable bonds is 22. The topological polar surface area (TPSA) is 76.0 Å². The predicted octanol–water partition coefficient (Wildman–Crippen LogP) is 15.8. The summed E-state index contributed by atoms with van der Waals surface area (Å²) in [6.45, 7) is 8.74. The Morgan fingerprint density at radius 3 is 2.10 bits per heavy atom. The van der Waals surface area contributed by atoms with Gasteiger partial charge in [-0.1, -0.05) is 118 Å². The number of ether oxygens (including phenoxy) is 1. The molecule has 5 nitrogen and oxygen atoms in total. The molecule has 394 valence electrons. The summed E-state index contributed by atoms with van der Waals surface area (Å²) in [5.74, 6) is -0.967. The molecule has 3 fully saturated rings. The fraction of sp³-hybridized carbons (Fsp3) is 0.567. The first kappa shape index (κ1) is 56.6. The van der Waals surface area contributed by atoms with Crippen LogP contribution in [0.4, 0.5) is 22.0 Å². The highest BCUT2D eigenvalue weighted by Crippen LogP contribution is 2.63. The Kier molecular flexibility index (Phi) is 20.9. The first-order valence-electron chi connectivity index (χ1n) is 26.9. The van der Waals surface area contributed by atoms with E-state index < -0.39 is 36.1 Å². The van der Waals surface area contributed by atoms with Crippen molar-refractivity contribution < 1.29 is 41.5 Å². The van der Waals surface area contributed by atoms with Gasteiger partial charge < -0.3 is 19.5 Å². The average Bonchev–Trinajstić information content (AvgIpc) is 4.00. The summed E-state index contributed by atoms with van der Waals surface area (Å²) in [7, 11) is 0. The molecular weight excluding hydrogens is 1050 g/mol. The van der Waals surface area contributed by atoms with Crippen LogP contribution in [0.15, 0.2) is 97.1 Å². The van der Waals surface area contributed by atoms with Gasteiger partial charge in [0.15, 0.2) is 0 Å². The number of likely N-dealkylation sites (tertiary alicyclic amines) is 1. The monoisotopic (exact) mass is 1130 g/mol. The van der Waals surface area contributed by atoms with Crippen molar-refractivity contribution in [1.29, 1.82) is 0 Å². The number of benzene rings is 4. The number of phenols is 1. The Balaban J connectivity index is 0.000000219. The van der Waals surface area contributed by atoms with E-state index in [-0.39, 0.29) is 17.3 Å². The zero-order valence-electron chi connectivity index (χ0n) is 42.4. The number of nitrogens with zero attached hydrogens (tertiary/aromatic N) is 1. The van der Waals surface area contributed by atoms with Crippen LogP contribution in [0.25, 0.3) is 11.1 Å². The molecule has 2 saturated carbocycles. The van der Waals surface area contributed by atoms with E-state index in [2.05, 4.69) is 126 Å². The number of halogens is 6. The largest absolute Gasteiger partial charge is 0.616 e. The number of aliphatic hydroxyl groups excluding tert-OH is 1. The molecule has 3 aliphatic carbocycles. The number of fused-ring (bicyclic) bond motifs is 5. The molecule has 72 heavy (non-hydrogen) atoms. The van der Waals surface area contributed by atoms with Crippen molar-refractivity contribution in [2.45, 2.75) is 154 Å². The van der Waals surface area contributed by atoms with Crippen LogP contribution in [0.2, 0.25) is 0 Å². The van der Waals surface area contributed by atoms with Crippen molar-refractivity contribution >= 4 is 44.9 Å². The summed E-state index contributed by atoms with van der Waals surface area (Å²) in [4.78, 5) is 2.49. The zero-order chi connectivity index (χ0) is 51.3. The maximum absolute atomic E-state index is 13.0. The first-order chi connectivity index (χ1) is 34.6. The number of phenolic OH excluding ortho intramolecular Hbond substituents is 1. The maximum atomic E-state index is 13.0. The quantitative estimate of drug-likeness (QED) is 0.0270. The van der Waals surface area contributed by atoms with E-state index in [0.29, 0.717) is 41.6 Å². The van der Waals surface area contributed by atoms with Crippen molar-refractivity contribution in [3.63, 3.8) is 0 Å². The minimum absolute atomic E-state index is 0.0195. The SMILES string of the molecule is CC/C(=C(\c1ccc(I)cc1)c1ccc(OCCN2CCCC2)cc1)c1ccccc1.C[C@]12CC[C@@H]3c4ccc(O)cc4C[C@@H](CCCCCCCCC[S+]([O-])CCCC(F)(F)C(F)(F)F)[C@H]3[C@@H]1CC[C@@H]2O. The lowest BCUT2D eigenvalue weighted by atomic mass is 9.52. The van der Waals surface area contributed by atoms with Crippen molar-refractivity contribution in [3.8, 4) is 11.5 Å². The van der Waals surface area contributed by atoms with Crippen molar-refractivity contribution in [1.82, 2.24) is 4.90 Å². The Morgan fingerprint density at radius 1 is 0.792 bits per heavy atom. The number of allylic oxidation sites excluding steroid dienone is 1. The minimum Gasteiger partial charge on any atom is -0.616 e. The lowest BCUT2D eigenvalue weighted by Crippen LogP contribution is -2.47. The van der Waals surface area contributed by atoms with Gasteiger partial charge in [0.05, 0.1) is 6.10 Å². The molecule has 0 radical (unpaired) electrons. The van der Waals surface area contributed by atoms with E-state index in [1.165, 1.54) is 68.5 Å². The summed E-state index contributed by atoms with van der Waals surface area (Å²) >= 11 is 1.01. The van der Waals surface area contributed by atoms with Crippen molar-refractivity contribution in [3.05, 3.63) is 128 Å². The molecule has 0 bridgehead atoms. The van der Waals surface area contributed by atoms with Gasteiger partial charge in [-0.05, 0) is 217 Å². The lowest BCUT2D eigenvalue weighted by molar-refractivity contribution is -0.284. The Hall–Kier alpha value is -3.17. The van der Waals surface area contributed by atoms with Gasteiger partial charge in [0, 0.05) is 16.5 Å². The summed E-state index contributed by atoms with van der Waals surface area (Å²) in [5, 5.41) is 21.0. The fourth-order valence-electron chi connectivity index (χ4n) is 12.6. The molecule has 0 amide bonds. The van der Waals surface area contributed by atoms with Crippen LogP contribution in [-0.4, -0.2) is 75.6 Å². The number of aliphatic hydroxyl groups is 1. The Bertz CT molecular complexity index is 2310. The van der Waals surface area contributed by atoms with Crippen LogP contribution in [0.5, 0.6) is 11.5 Å². The van der Waals surface area contributed by atoms with Gasteiger partial charge in [-0.3, -0.25) is 4.90 Å². The van der Waals surface area contributed by atoms with Crippen molar-refractivity contribution in [2.24, 2.45) is 23.2 Å². The van der Waals surface area contributed by atoms with Gasteiger partial charge in [-0.2, -0.15) is 22.0 Å². The maximum Gasteiger partial charge on any atom is 0.453 e. The average molecular weight is 1130 g/mol. The third kappa shape index (κ3) is 14.8. The van der Waals surface area contributed by atoms with E-state index in [1.807, 2.05) is 12.1 Å². The van der Waals surface area contributed by atoms with E-state index in [1.54, 1.807) is 0 Å². The number of unbranched alkanes of at least 4 members (excludes halogenated alkanes) is 6. The van der Waals surface area contributed by atoms with Gasteiger partial charge >= 0.3 is 12.1 Å². The van der Waals surface area contributed by atoms with E-state index in [4.69, 9.17) is 4.74 Å². The highest BCUT2D eigenvalue weighted by Gasteiger charge is 2.57. The molecule has 1 aliphatic heterocycles. The second kappa shape index (κ2) is 26.5. The molecular formula is C60H77F5INO4S. The van der Waals surface area contributed by atoms with Crippen LogP contribution in [0.3, 0.4) is 0 Å². The molecule has 4 aliphatic rings. The molecule has 7 atom stereocenters. The smallest absolute Gasteiger partial charge is 0.453 e. The molecule has 12 heteroatoms. The molecule has 1 saturated heterocycles. The first-order valence-corrected chi connectivity index (χ1v) is 29.4. The summed E-state index contributed by atoms with van der Waals surface area (Å²) < 4.78 is 81.8. The van der Waals surface area contributed by atoms with Crippen LogP contribution >= 0.6 is 22.6 Å². The molecule has 0 spiro atoms. The third-order valence-corrected chi connectivity index (χ3v) is 18.7. The summed E-state index contributed by atoms with van der Waals surface area (Å²) in [6, 6.07) is 34.1. The van der Waals surface area contributed by atoms with Crippen LogP contribution in [0, 0.1) is 26.7 Å². The molecule has 1 unspecified atom stereocenters. The molecule has 4 aromatic carbocycles. The molecule has 4 aromatic rings. The normalized spacial score (nSPS) is 23.8. The Morgan fingerprint density at radius 2 is 1.43 bits per heavy atom. The Labute approximate surface area is 443 Å². The third-order valence-electron chi connectivity index (χ3n) is 16.5. The number of aromatic hydroxyl groups is 1. The highest BCUT2D eigenvalue weighted by atomic mass is 127. The lowest BCUT2D eigenvalue weighted by Gasteiger charge is -2.53. The van der Waals surface area contributed by atoms with Gasteiger partial charge in [-0.25, -0.2) is 0 Å². The molecule has 2 N–H and O–H groups in total. The summed E-state index contributed by atoms with van der Waals surface area (Å²) in [6.07, 6.45) is 9.59. The molecule has 0 aromatic heterocycles. The van der Waals surface area contributed by atoms with Gasteiger partial charge in [-0.15, -0.1) is 0 Å². The number of alkyl halides is 5. The van der Waals surface area contributed by atoms with Crippen LogP contribution < -0.4 is 4.74 Å². The molecule has 8 rings (SSSR count). The van der Waals surface area contributed by atoms with E-state index in [0.717, 1.165) is 102 Å². The predicted molar refractivity (Wildman–Crippen MR) is 292 cm³/mol. The second-order valence-corrected chi connectivity index (χ2v) is 24.1. The van der Waals surface area contributed by atoms with E-state index in [9.17, 15) is 36.7 Å². The van der Waals surface area contributed by atoms with Crippen molar-refractivity contribution in [2.75, 3.05) is 37.7 Å². The number of hydrogen-bond acceptors (Lipinski definition) is 5.